The number of allylic oxidation sites excluding steroid dienone is 13. The zero-order chi connectivity index (χ0) is 55.0. The van der Waals surface area contributed by atoms with Gasteiger partial charge in [0.05, 0.1) is 33.8 Å². The van der Waals surface area contributed by atoms with Crippen molar-refractivity contribution in [3.05, 3.63) is 85.1 Å². The first kappa shape index (κ1) is 72.2. The van der Waals surface area contributed by atoms with E-state index in [1.165, 1.54) is 141 Å². The SMILES string of the molecule is CC/C=C/C=C/C=C/CCCCCCCCCC(=O)NC(COP(=O)(O)OCC[N+](C)(C)C)C(/C=C\CCCCCCCCCCC)OC(=O)CCCCCCCCCCCC/C=C\C/C=C\C/C=C\CCCCC. The Morgan fingerprint density at radius 1 is 0.493 bits per heavy atom. The van der Waals surface area contributed by atoms with Gasteiger partial charge < -0.3 is 19.4 Å². The minimum absolute atomic E-state index is 0.0337. The maximum Gasteiger partial charge on any atom is 0.472 e. The molecule has 0 radical (unpaired) electrons. The van der Waals surface area contributed by atoms with Crippen LogP contribution in [0.4, 0.5) is 0 Å². The Balaban J connectivity index is 5.18. The summed E-state index contributed by atoms with van der Waals surface area (Å²) >= 11 is 0. The first-order valence-electron chi connectivity index (χ1n) is 30.9. The summed E-state index contributed by atoms with van der Waals surface area (Å²) in [4.78, 5) is 37.7. The van der Waals surface area contributed by atoms with Gasteiger partial charge in [-0.3, -0.25) is 18.6 Å². The zero-order valence-electron chi connectivity index (χ0n) is 49.5. The van der Waals surface area contributed by atoms with Crippen LogP contribution in [0.3, 0.4) is 0 Å². The maximum atomic E-state index is 13.5. The van der Waals surface area contributed by atoms with Gasteiger partial charge in [-0.15, -0.1) is 0 Å². The van der Waals surface area contributed by atoms with Gasteiger partial charge in [-0.2, -0.15) is 0 Å². The van der Waals surface area contributed by atoms with Crippen molar-refractivity contribution in [2.75, 3.05) is 40.9 Å². The summed E-state index contributed by atoms with van der Waals surface area (Å²) in [5, 5.41) is 3.04. The van der Waals surface area contributed by atoms with Crippen molar-refractivity contribution in [2.45, 2.75) is 277 Å². The van der Waals surface area contributed by atoms with Crippen molar-refractivity contribution < 1.29 is 37.3 Å². The van der Waals surface area contributed by atoms with E-state index in [0.717, 1.165) is 89.9 Å². The monoisotopic (exact) mass is 1070 g/mol. The third-order valence-corrected chi connectivity index (χ3v) is 14.4. The van der Waals surface area contributed by atoms with Gasteiger partial charge in [0.2, 0.25) is 5.91 Å². The molecule has 0 saturated carbocycles. The van der Waals surface area contributed by atoms with E-state index in [1.807, 2.05) is 33.3 Å². The molecule has 9 nitrogen and oxygen atoms in total. The molecule has 0 rings (SSSR count). The third-order valence-electron chi connectivity index (χ3n) is 13.4. The predicted molar refractivity (Wildman–Crippen MR) is 323 cm³/mol. The molecule has 1 amide bonds. The molecule has 0 aromatic carbocycles. The van der Waals surface area contributed by atoms with Crippen molar-refractivity contribution in [1.82, 2.24) is 5.32 Å². The lowest BCUT2D eigenvalue weighted by Gasteiger charge is -2.27. The van der Waals surface area contributed by atoms with Crippen molar-refractivity contribution in [3.63, 3.8) is 0 Å². The Morgan fingerprint density at radius 2 is 0.907 bits per heavy atom. The van der Waals surface area contributed by atoms with Gasteiger partial charge in [-0.1, -0.05) is 247 Å². The minimum atomic E-state index is -4.45. The number of hydrogen-bond donors (Lipinski definition) is 2. The average Bonchev–Trinajstić information content (AvgIpc) is 3.37. The molecule has 3 atom stereocenters. The molecule has 0 fully saturated rings. The van der Waals surface area contributed by atoms with Gasteiger partial charge >= 0.3 is 13.8 Å². The van der Waals surface area contributed by atoms with E-state index in [4.69, 9.17) is 13.8 Å². The quantitative estimate of drug-likeness (QED) is 0.0156. The number of carbonyl (C=O) groups is 2. The third kappa shape index (κ3) is 55.7. The highest BCUT2D eigenvalue weighted by Gasteiger charge is 2.30. The smallest absolute Gasteiger partial charge is 0.456 e. The molecule has 0 aliphatic carbocycles. The van der Waals surface area contributed by atoms with E-state index in [9.17, 15) is 19.0 Å². The largest absolute Gasteiger partial charge is 0.472 e. The zero-order valence-corrected chi connectivity index (χ0v) is 50.4. The van der Waals surface area contributed by atoms with Gasteiger partial charge in [0.15, 0.2) is 0 Å². The highest BCUT2D eigenvalue weighted by Crippen LogP contribution is 2.43. The fourth-order valence-electron chi connectivity index (χ4n) is 8.59. The van der Waals surface area contributed by atoms with Crippen LogP contribution in [0.2, 0.25) is 0 Å². The molecule has 0 bridgehead atoms. The summed E-state index contributed by atoms with van der Waals surface area (Å²) in [6.45, 7) is 6.84. The number of hydrogen-bond acceptors (Lipinski definition) is 6. The highest BCUT2D eigenvalue weighted by molar-refractivity contribution is 7.47. The number of carbonyl (C=O) groups excluding carboxylic acids is 2. The lowest BCUT2D eigenvalue weighted by Crippen LogP contribution is -2.47. The fraction of sp³-hybridized carbons (Fsp3) is 0.754. The van der Waals surface area contributed by atoms with Crippen LogP contribution < -0.4 is 5.32 Å². The molecule has 434 valence electrons. The summed E-state index contributed by atoms with van der Waals surface area (Å²) in [5.41, 5.74) is 0. The Labute approximate surface area is 463 Å². The number of likely N-dealkylation sites (N-methyl/N-ethyl adjacent to an activating group) is 1. The lowest BCUT2D eigenvalue weighted by atomic mass is 10.0. The lowest BCUT2D eigenvalue weighted by molar-refractivity contribution is -0.870. The molecule has 0 aliphatic heterocycles. The van der Waals surface area contributed by atoms with Crippen LogP contribution in [0.5, 0.6) is 0 Å². The Kier molecular flexibility index (Phi) is 52.5. The van der Waals surface area contributed by atoms with Crippen LogP contribution in [0.1, 0.15) is 265 Å². The molecular formula is C65H118N2O7P+. The molecule has 3 unspecified atom stereocenters. The molecule has 0 aromatic rings. The van der Waals surface area contributed by atoms with E-state index in [1.54, 1.807) is 0 Å². The van der Waals surface area contributed by atoms with Gasteiger partial charge in [0.1, 0.15) is 19.3 Å². The summed E-state index contributed by atoms with van der Waals surface area (Å²) in [6.07, 6.45) is 71.5. The first-order chi connectivity index (χ1) is 36.4. The molecule has 10 heteroatoms. The number of nitrogens with one attached hydrogen (secondary N) is 1. The number of nitrogens with zero attached hydrogens (tertiary/aromatic N) is 1. The number of ether oxygens (including phenoxy) is 1. The summed E-state index contributed by atoms with van der Waals surface area (Å²) < 4.78 is 30.7. The van der Waals surface area contributed by atoms with E-state index in [2.05, 4.69) is 99.0 Å². The standard InChI is InChI=1S/C65H117N2O7P/c1-7-10-13-16-19-22-25-27-29-30-31-32-33-34-35-36-38-40-43-46-49-52-55-58-65(69)74-63(56-53-50-47-44-41-24-21-18-15-12-9-3)62(61-73-75(70,71)72-60-59-67(4,5)6)66-64(68)57-54-51-48-45-42-39-37-28-26-23-20-17-14-11-8-2/h11,14,17,19-20,22-23,26-27,29,31-32,53,56,62-63H,7-10,12-13,15-16,18,21,24-25,28,30,33-52,54-55,57-61H2,1-6H3,(H-,66,68,70,71)/p+1/b14-11+,20-17+,22-19-,26-23+,29-27-,32-31-,56-53-. The molecule has 75 heavy (non-hydrogen) atoms. The summed E-state index contributed by atoms with van der Waals surface area (Å²) in [5.74, 6) is -0.525. The predicted octanol–water partition coefficient (Wildman–Crippen LogP) is 19.0. The molecule has 0 aliphatic rings. The van der Waals surface area contributed by atoms with Crippen LogP contribution in [-0.4, -0.2) is 74.3 Å². The Hall–Kier alpha value is -2.81. The first-order valence-corrected chi connectivity index (χ1v) is 32.4. The van der Waals surface area contributed by atoms with Crippen LogP contribution in [0, 0.1) is 0 Å². The molecule has 0 aromatic heterocycles. The maximum absolute atomic E-state index is 13.5. The fourth-order valence-corrected chi connectivity index (χ4v) is 9.33. The van der Waals surface area contributed by atoms with Crippen molar-refractivity contribution >= 4 is 19.7 Å². The molecule has 0 heterocycles. The molecule has 0 spiro atoms. The van der Waals surface area contributed by atoms with E-state index in [-0.39, 0.29) is 31.5 Å². The minimum Gasteiger partial charge on any atom is -0.456 e. The van der Waals surface area contributed by atoms with E-state index in [0.29, 0.717) is 17.4 Å². The van der Waals surface area contributed by atoms with Gasteiger partial charge in [-0.05, 0) is 89.5 Å². The summed E-state index contributed by atoms with van der Waals surface area (Å²) in [6, 6.07) is -0.859. The van der Waals surface area contributed by atoms with Crippen LogP contribution in [0.15, 0.2) is 85.1 Å². The van der Waals surface area contributed by atoms with Crippen LogP contribution in [-0.2, 0) is 27.9 Å². The Morgan fingerprint density at radius 3 is 1.41 bits per heavy atom. The second-order valence-corrected chi connectivity index (χ2v) is 23.4. The number of rotatable bonds is 55. The van der Waals surface area contributed by atoms with Crippen molar-refractivity contribution in [2.24, 2.45) is 0 Å². The van der Waals surface area contributed by atoms with Gasteiger partial charge in [0.25, 0.3) is 0 Å². The normalized spacial score (nSPS) is 14.3. The highest BCUT2D eigenvalue weighted by atomic mass is 31.2. The molecular weight excluding hydrogens is 952 g/mol. The number of phosphoric acid groups is 1. The molecule has 0 saturated heterocycles. The second kappa shape index (κ2) is 54.5. The second-order valence-electron chi connectivity index (χ2n) is 21.9. The average molecular weight is 1070 g/mol. The van der Waals surface area contributed by atoms with Crippen LogP contribution in [0.25, 0.3) is 0 Å². The number of esters is 1. The number of quaternary nitrogens is 1. The Bertz CT molecular complexity index is 1560. The topological polar surface area (TPSA) is 111 Å². The number of phosphoric ester groups is 1. The molecule has 2 N–H and O–H groups in total. The van der Waals surface area contributed by atoms with E-state index < -0.39 is 20.0 Å². The van der Waals surface area contributed by atoms with Gasteiger partial charge in [-0.25, -0.2) is 4.57 Å². The van der Waals surface area contributed by atoms with Crippen LogP contribution >= 0.6 is 7.82 Å². The van der Waals surface area contributed by atoms with E-state index >= 15 is 0 Å². The van der Waals surface area contributed by atoms with Crippen molar-refractivity contribution in [3.8, 4) is 0 Å². The van der Waals surface area contributed by atoms with Crippen molar-refractivity contribution in [1.29, 1.82) is 0 Å². The van der Waals surface area contributed by atoms with Gasteiger partial charge in [0, 0.05) is 12.8 Å². The number of amides is 1. The summed E-state index contributed by atoms with van der Waals surface area (Å²) in [7, 11) is 1.48. The number of unbranched alkanes of at least 4 members (excludes halogenated alkanes) is 29.